The maximum absolute atomic E-state index is 2.38. The van der Waals surface area contributed by atoms with Crippen molar-refractivity contribution in [2.24, 2.45) is 0 Å². The van der Waals surface area contributed by atoms with Crippen LogP contribution in [0.4, 0.5) is 17.1 Å². The first-order chi connectivity index (χ1) is 23.8. The molecule has 0 aliphatic carbocycles. The van der Waals surface area contributed by atoms with Gasteiger partial charge in [-0.1, -0.05) is 140 Å². The number of rotatable bonds is 6. The van der Waals surface area contributed by atoms with E-state index in [2.05, 4.69) is 193 Å². The van der Waals surface area contributed by atoms with E-state index in [-0.39, 0.29) is 0 Å². The lowest BCUT2D eigenvalue weighted by molar-refractivity contribution is 1.29. The van der Waals surface area contributed by atoms with Crippen molar-refractivity contribution in [2.75, 3.05) is 4.90 Å². The fraction of sp³-hybridized carbons (Fsp3) is 0. The fourth-order valence-electron chi connectivity index (χ4n) is 6.90. The largest absolute Gasteiger partial charge is 0.310 e. The van der Waals surface area contributed by atoms with Crippen molar-refractivity contribution in [3.63, 3.8) is 0 Å². The van der Waals surface area contributed by atoms with Crippen LogP contribution in [-0.2, 0) is 0 Å². The molecule has 2 heteroatoms. The minimum absolute atomic E-state index is 1.12. The Hall–Kier alpha value is -5.96. The van der Waals surface area contributed by atoms with Crippen molar-refractivity contribution in [3.05, 3.63) is 188 Å². The molecule has 48 heavy (non-hydrogen) atoms. The third-order valence-corrected chi connectivity index (χ3v) is 10.4. The number of anilines is 3. The summed E-state index contributed by atoms with van der Waals surface area (Å²) < 4.78 is 2.61. The van der Waals surface area contributed by atoms with Crippen LogP contribution < -0.4 is 4.90 Å². The lowest BCUT2D eigenvalue weighted by atomic mass is 9.95. The van der Waals surface area contributed by atoms with Crippen molar-refractivity contribution in [1.29, 1.82) is 0 Å². The Labute approximate surface area is 284 Å². The number of thiophene rings is 1. The van der Waals surface area contributed by atoms with Crippen molar-refractivity contribution >= 4 is 59.3 Å². The fourth-order valence-corrected chi connectivity index (χ4v) is 8.04. The van der Waals surface area contributed by atoms with Crippen LogP contribution in [0, 0.1) is 0 Å². The van der Waals surface area contributed by atoms with Crippen LogP contribution >= 0.6 is 11.3 Å². The minimum atomic E-state index is 1.12. The molecular formula is C46H31NS. The quantitative estimate of drug-likeness (QED) is 0.177. The Morgan fingerprint density at radius 2 is 0.896 bits per heavy atom. The molecule has 0 spiro atoms. The Balaban J connectivity index is 1.14. The zero-order valence-electron chi connectivity index (χ0n) is 26.3. The van der Waals surface area contributed by atoms with E-state index in [0.29, 0.717) is 0 Å². The van der Waals surface area contributed by atoms with Crippen molar-refractivity contribution in [2.45, 2.75) is 0 Å². The van der Waals surface area contributed by atoms with Crippen LogP contribution in [-0.4, -0.2) is 0 Å². The molecule has 9 aromatic rings. The van der Waals surface area contributed by atoms with Crippen molar-refractivity contribution < 1.29 is 0 Å². The Kier molecular flexibility index (Phi) is 7.07. The highest BCUT2D eigenvalue weighted by atomic mass is 32.1. The summed E-state index contributed by atoms with van der Waals surface area (Å²) in [6.45, 7) is 0. The molecule has 0 radical (unpaired) electrons. The van der Waals surface area contributed by atoms with Gasteiger partial charge in [-0.3, -0.25) is 0 Å². The predicted molar refractivity (Wildman–Crippen MR) is 208 cm³/mol. The molecule has 0 N–H and O–H groups in total. The summed E-state index contributed by atoms with van der Waals surface area (Å²) in [5.74, 6) is 0. The second-order valence-electron chi connectivity index (χ2n) is 12.2. The van der Waals surface area contributed by atoms with E-state index in [0.717, 1.165) is 17.1 Å². The Morgan fingerprint density at radius 1 is 0.312 bits per heavy atom. The van der Waals surface area contributed by atoms with Gasteiger partial charge in [0, 0.05) is 37.2 Å². The molecule has 0 unspecified atom stereocenters. The molecule has 0 fully saturated rings. The Bertz CT molecular complexity index is 2560. The second kappa shape index (κ2) is 12.0. The first-order valence-electron chi connectivity index (χ1n) is 16.3. The molecule has 9 rings (SSSR count). The summed E-state index contributed by atoms with van der Waals surface area (Å²) in [6, 6.07) is 68.2. The van der Waals surface area contributed by atoms with Gasteiger partial charge < -0.3 is 4.90 Å². The van der Waals surface area contributed by atoms with Gasteiger partial charge in [0.25, 0.3) is 0 Å². The molecule has 1 nitrogen and oxygen atoms in total. The molecule has 0 atom stereocenters. The standard InChI is InChI=1S/C46H31NS/c1-2-11-32(12-3-1)36-16-9-18-39(30-36)47(40-27-28-44-43-20-6-7-22-45(43)48-46(44)31-40)38-25-23-33(24-26-38)35-15-8-17-37(29-35)42-21-10-14-34-13-4-5-19-41(34)42/h1-31H. The van der Waals surface area contributed by atoms with E-state index < -0.39 is 0 Å². The third kappa shape index (κ3) is 5.13. The molecule has 226 valence electrons. The maximum atomic E-state index is 2.38. The van der Waals surface area contributed by atoms with Crippen LogP contribution in [0.1, 0.15) is 0 Å². The Morgan fingerprint density at radius 3 is 1.77 bits per heavy atom. The average molecular weight is 630 g/mol. The number of benzene rings is 8. The van der Waals surface area contributed by atoms with E-state index in [9.17, 15) is 0 Å². The maximum Gasteiger partial charge on any atom is 0.0476 e. The van der Waals surface area contributed by atoms with E-state index in [4.69, 9.17) is 0 Å². The van der Waals surface area contributed by atoms with Crippen LogP contribution in [0.2, 0.25) is 0 Å². The highest BCUT2D eigenvalue weighted by molar-refractivity contribution is 7.25. The summed E-state index contributed by atoms with van der Waals surface area (Å²) in [7, 11) is 0. The highest BCUT2D eigenvalue weighted by Gasteiger charge is 2.16. The second-order valence-corrected chi connectivity index (χ2v) is 13.3. The van der Waals surface area contributed by atoms with Gasteiger partial charge in [-0.15, -0.1) is 11.3 Å². The van der Waals surface area contributed by atoms with E-state index in [1.807, 2.05) is 11.3 Å². The number of hydrogen-bond acceptors (Lipinski definition) is 2. The van der Waals surface area contributed by atoms with Gasteiger partial charge >= 0.3 is 0 Å². The van der Waals surface area contributed by atoms with Crippen molar-refractivity contribution in [3.8, 4) is 33.4 Å². The van der Waals surface area contributed by atoms with Crippen molar-refractivity contribution in [1.82, 2.24) is 0 Å². The summed E-state index contributed by atoms with van der Waals surface area (Å²) in [5, 5.41) is 5.15. The molecule has 0 aliphatic heterocycles. The van der Waals surface area contributed by atoms with Gasteiger partial charge in [0.2, 0.25) is 0 Å². The lowest BCUT2D eigenvalue weighted by Crippen LogP contribution is -2.09. The van der Waals surface area contributed by atoms with Gasteiger partial charge in [-0.2, -0.15) is 0 Å². The van der Waals surface area contributed by atoms with E-state index >= 15 is 0 Å². The number of nitrogens with zero attached hydrogens (tertiary/aromatic N) is 1. The summed E-state index contributed by atoms with van der Waals surface area (Å²) >= 11 is 1.86. The molecule has 1 aromatic heterocycles. The summed E-state index contributed by atoms with van der Waals surface area (Å²) in [5.41, 5.74) is 10.7. The SMILES string of the molecule is c1ccc(-c2cccc(N(c3ccc(-c4cccc(-c5cccc6ccccc56)c4)cc3)c3ccc4c(c3)sc3ccccc34)c2)cc1. The first-order valence-corrected chi connectivity index (χ1v) is 17.2. The first kappa shape index (κ1) is 28.3. The zero-order chi connectivity index (χ0) is 31.9. The molecule has 0 saturated carbocycles. The predicted octanol–water partition coefficient (Wildman–Crippen LogP) is 13.7. The smallest absolute Gasteiger partial charge is 0.0476 e. The third-order valence-electron chi connectivity index (χ3n) is 9.25. The molecule has 0 bridgehead atoms. The molecular weight excluding hydrogens is 599 g/mol. The molecule has 1 heterocycles. The van der Waals surface area contributed by atoms with Crippen LogP contribution in [0.5, 0.6) is 0 Å². The topological polar surface area (TPSA) is 3.24 Å². The van der Waals surface area contributed by atoms with E-state index in [1.54, 1.807) is 0 Å². The van der Waals surface area contributed by atoms with Gasteiger partial charge in [-0.25, -0.2) is 0 Å². The van der Waals surface area contributed by atoms with E-state index in [1.165, 1.54) is 64.3 Å². The summed E-state index contributed by atoms with van der Waals surface area (Å²) in [4.78, 5) is 2.38. The van der Waals surface area contributed by atoms with Crippen LogP contribution in [0.25, 0.3) is 64.3 Å². The van der Waals surface area contributed by atoms with Crippen LogP contribution in [0.15, 0.2) is 188 Å². The number of hydrogen-bond donors (Lipinski definition) is 0. The van der Waals surface area contributed by atoms with Gasteiger partial charge in [0.15, 0.2) is 0 Å². The zero-order valence-corrected chi connectivity index (χ0v) is 27.1. The lowest BCUT2D eigenvalue weighted by Gasteiger charge is -2.26. The van der Waals surface area contributed by atoms with Gasteiger partial charge in [0.05, 0.1) is 0 Å². The molecule has 0 aliphatic rings. The highest BCUT2D eigenvalue weighted by Crippen LogP contribution is 2.42. The molecule has 0 saturated heterocycles. The normalized spacial score (nSPS) is 11.3. The monoisotopic (exact) mass is 629 g/mol. The summed E-state index contributed by atoms with van der Waals surface area (Å²) in [6.07, 6.45) is 0. The molecule has 8 aromatic carbocycles. The van der Waals surface area contributed by atoms with Crippen LogP contribution in [0.3, 0.4) is 0 Å². The average Bonchev–Trinajstić information content (AvgIpc) is 3.53. The van der Waals surface area contributed by atoms with Gasteiger partial charge in [-0.05, 0) is 92.7 Å². The minimum Gasteiger partial charge on any atom is -0.310 e. The van der Waals surface area contributed by atoms with Gasteiger partial charge in [0.1, 0.15) is 0 Å². The molecule has 0 amide bonds. The number of fused-ring (bicyclic) bond motifs is 4.